The minimum absolute atomic E-state index is 0.0589. The third-order valence-corrected chi connectivity index (χ3v) is 4.48. The normalized spacial score (nSPS) is 28.2. The Bertz CT molecular complexity index is 557. The molecule has 1 aromatic carbocycles. The van der Waals surface area contributed by atoms with Crippen LogP contribution >= 0.6 is 0 Å². The molecule has 112 valence electrons. The van der Waals surface area contributed by atoms with Gasteiger partial charge in [-0.05, 0) is 49.3 Å². The van der Waals surface area contributed by atoms with E-state index in [2.05, 4.69) is 0 Å². The lowest BCUT2D eigenvalue weighted by molar-refractivity contribution is -0.152. The summed E-state index contributed by atoms with van der Waals surface area (Å²) >= 11 is 0. The van der Waals surface area contributed by atoms with Crippen LogP contribution in [-0.4, -0.2) is 34.5 Å². The van der Waals surface area contributed by atoms with Crippen LogP contribution in [0.5, 0.6) is 0 Å². The third kappa shape index (κ3) is 2.77. The fourth-order valence-electron chi connectivity index (χ4n) is 3.21. The Hall–Kier alpha value is -1.91. The molecule has 5 heteroatoms. The molecule has 1 heterocycles. The highest BCUT2D eigenvalue weighted by Crippen LogP contribution is 2.49. The number of aliphatic carboxylic acids is 1. The number of carbonyl (C=O) groups excluding carboxylic acids is 1. The molecule has 1 aliphatic heterocycles. The maximum atomic E-state index is 12.9. The van der Waals surface area contributed by atoms with Crippen molar-refractivity contribution < 1.29 is 19.1 Å². The van der Waals surface area contributed by atoms with Crippen molar-refractivity contribution in [2.24, 2.45) is 5.92 Å². The van der Waals surface area contributed by atoms with Gasteiger partial charge in [0.1, 0.15) is 11.9 Å². The number of halogens is 1. The number of benzene rings is 1. The van der Waals surface area contributed by atoms with Crippen LogP contribution in [0.25, 0.3) is 0 Å². The first-order chi connectivity index (χ1) is 10.1. The van der Waals surface area contributed by atoms with E-state index in [1.54, 1.807) is 12.1 Å². The zero-order valence-electron chi connectivity index (χ0n) is 11.7. The lowest BCUT2D eigenvalue weighted by Gasteiger charge is -2.33. The van der Waals surface area contributed by atoms with E-state index >= 15 is 0 Å². The summed E-state index contributed by atoms with van der Waals surface area (Å²) in [5.74, 6) is -1.30. The first kappa shape index (κ1) is 14.0. The number of amides is 1. The molecule has 3 rings (SSSR count). The molecule has 1 aromatic rings. The van der Waals surface area contributed by atoms with Crippen LogP contribution < -0.4 is 0 Å². The average Bonchev–Trinajstić information content (AvgIpc) is 3.27. The fourth-order valence-corrected chi connectivity index (χ4v) is 3.21. The van der Waals surface area contributed by atoms with E-state index in [1.807, 2.05) is 0 Å². The van der Waals surface area contributed by atoms with Gasteiger partial charge in [0.15, 0.2) is 0 Å². The Balaban J connectivity index is 1.69. The van der Waals surface area contributed by atoms with Crippen molar-refractivity contribution in [3.8, 4) is 0 Å². The Morgan fingerprint density at radius 2 is 1.90 bits per heavy atom. The molecule has 0 aromatic heterocycles. The lowest BCUT2D eigenvalue weighted by Crippen LogP contribution is -2.48. The number of likely N-dealkylation sites (tertiary alicyclic amines) is 1. The highest BCUT2D eigenvalue weighted by Gasteiger charge is 2.48. The maximum Gasteiger partial charge on any atom is 0.326 e. The van der Waals surface area contributed by atoms with Gasteiger partial charge in [-0.15, -0.1) is 0 Å². The molecule has 2 fully saturated rings. The van der Waals surface area contributed by atoms with Gasteiger partial charge >= 0.3 is 5.97 Å². The van der Waals surface area contributed by atoms with Crippen molar-refractivity contribution in [2.45, 2.75) is 37.6 Å². The second kappa shape index (κ2) is 5.47. The lowest BCUT2D eigenvalue weighted by atomic mass is 10.0. The van der Waals surface area contributed by atoms with Crippen LogP contribution in [0.1, 0.15) is 37.2 Å². The molecule has 3 atom stereocenters. The molecule has 0 unspecified atom stereocenters. The van der Waals surface area contributed by atoms with E-state index in [0.717, 1.165) is 24.8 Å². The topological polar surface area (TPSA) is 57.6 Å². The van der Waals surface area contributed by atoms with Crippen LogP contribution in [0.4, 0.5) is 4.39 Å². The van der Waals surface area contributed by atoms with E-state index in [-0.39, 0.29) is 23.6 Å². The monoisotopic (exact) mass is 291 g/mol. The second-order valence-electron chi connectivity index (χ2n) is 5.88. The van der Waals surface area contributed by atoms with Crippen LogP contribution in [-0.2, 0) is 9.59 Å². The van der Waals surface area contributed by atoms with Crippen LogP contribution in [0.3, 0.4) is 0 Å². The van der Waals surface area contributed by atoms with Gasteiger partial charge in [0.2, 0.25) is 5.91 Å². The molecule has 2 aliphatic rings. The molecule has 1 saturated heterocycles. The van der Waals surface area contributed by atoms with Gasteiger partial charge in [0.05, 0.1) is 0 Å². The quantitative estimate of drug-likeness (QED) is 0.930. The zero-order chi connectivity index (χ0) is 15.0. The van der Waals surface area contributed by atoms with Crippen molar-refractivity contribution in [3.63, 3.8) is 0 Å². The summed E-state index contributed by atoms with van der Waals surface area (Å²) < 4.78 is 12.9. The molecule has 0 bridgehead atoms. The standard InChI is InChI=1S/C16H18FNO3/c17-11-6-4-10(5-7-11)12-9-13(12)15(19)18-8-2-1-3-14(18)16(20)21/h4-7,12-14H,1-3,8-9H2,(H,20,21)/t12-,13-,14-/m0/s1. The summed E-state index contributed by atoms with van der Waals surface area (Å²) in [7, 11) is 0. The summed E-state index contributed by atoms with van der Waals surface area (Å²) in [6, 6.07) is 5.53. The molecular weight excluding hydrogens is 273 g/mol. The molecule has 4 nitrogen and oxygen atoms in total. The number of carbonyl (C=O) groups is 2. The number of hydrogen-bond acceptors (Lipinski definition) is 2. The maximum absolute atomic E-state index is 12.9. The van der Waals surface area contributed by atoms with Gasteiger partial charge < -0.3 is 10.0 Å². The minimum atomic E-state index is -0.915. The van der Waals surface area contributed by atoms with Crippen molar-refractivity contribution in [2.75, 3.05) is 6.54 Å². The molecule has 1 aliphatic carbocycles. The summed E-state index contributed by atoms with van der Waals surface area (Å²) in [6.45, 7) is 0.530. The number of nitrogens with zero attached hydrogens (tertiary/aromatic N) is 1. The Labute approximate surface area is 122 Å². The van der Waals surface area contributed by atoms with E-state index in [4.69, 9.17) is 0 Å². The number of carboxylic acid groups (broad SMARTS) is 1. The zero-order valence-corrected chi connectivity index (χ0v) is 11.7. The number of carboxylic acids is 1. The van der Waals surface area contributed by atoms with Crippen LogP contribution in [0, 0.1) is 11.7 Å². The first-order valence-electron chi connectivity index (χ1n) is 7.36. The molecular formula is C16H18FNO3. The van der Waals surface area contributed by atoms with E-state index < -0.39 is 12.0 Å². The predicted molar refractivity (Wildman–Crippen MR) is 74.2 cm³/mol. The smallest absolute Gasteiger partial charge is 0.326 e. The highest BCUT2D eigenvalue weighted by atomic mass is 19.1. The molecule has 0 radical (unpaired) electrons. The van der Waals surface area contributed by atoms with Gasteiger partial charge in [0.25, 0.3) is 0 Å². The second-order valence-corrected chi connectivity index (χ2v) is 5.88. The first-order valence-corrected chi connectivity index (χ1v) is 7.36. The van der Waals surface area contributed by atoms with Gasteiger partial charge in [0, 0.05) is 12.5 Å². The average molecular weight is 291 g/mol. The van der Waals surface area contributed by atoms with Gasteiger partial charge in [-0.2, -0.15) is 0 Å². The molecule has 1 N–H and O–H groups in total. The molecule has 0 spiro atoms. The molecule has 1 amide bonds. The highest BCUT2D eigenvalue weighted by molar-refractivity contribution is 5.87. The van der Waals surface area contributed by atoms with E-state index in [9.17, 15) is 19.1 Å². The van der Waals surface area contributed by atoms with Crippen molar-refractivity contribution in [1.82, 2.24) is 4.90 Å². The predicted octanol–water partition coefficient (Wildman–Crippen LogP) is 2.39. The number of piperidine rings is 1. The van der Waals surface area contributed by atoms with Gasteiger partial charge in [-0.3, -0.25) is 4.79 Å². The fraction of sp³-hybridized carbons (Fsp3) is 0.500. The SMILES string of the molecule is O=C(O)[C@@H]1CCCCN1C(=O)[C@H]1C[C@H]1c1ccc(F)cc1. The summed E-state index contributed by atoms with van der Waals surface area (Å²) in [5.41, 5.74) is 0.957. The summed E-state index contributed by atoms with van der Waals surface area (Å²) in [6.07, 6.45) is 2.98. The van der Waals surface area contributed by atoms with Crippen LogP contribution in [0.2, 0.25) is 0 Å². The summed E-state index contributed by atoms with van der Waals surface area (Å²) in [4.78, 5) is 25.3. The van der Waals surface area contributed by atoms with E-state index in [0.29, 0.717) is 13.0 Å². The Morgan fingerprint density at radius 1 is 1.19 bits per heavy atom. The van der Waals surface area contributed by atoms with Crippen molar-refractivity contribution >= 4 is 11.9 Å². The third-order valence-electron chi connectivity index (χ3n) is 4.48. The van der Waals surface area contributed by atoms with E-state index in [1.165, 1.54) is 17.0 Å². The summed E-state index contributed by atoms with van der Waals surface area (Å²) in [5, 5.41) is 9.24. The van der Waals surface area contributed by atoms with Crippen molar-refractivity contribution in [1.29, 1.82) is 0 Å². The molecule has 21 heavy (non-hydrogen) atoms. The molecule has 1 saturated carbocycles. The van der Waals surface area contributed by atoms with Gasteiger partial charge in [-0.1, -0.05) is 12.1 Å². The number of hydrogen-bond donors (Lipinski definition) is 1. The minimum Gasteiger partial charge on any atom is -0.480 e. The Morgan fingerprint density at radius 3 is 2.57 bits per heavy atom. The van der Waals surface area contributed by atoms with Crippen LogP contribution in [0.15, 0.2) is 24.3 Å². The van der Waals surface area contributed by atoms with Gasteiger partial charge in [-0.25, -0.2) is 9.18 Å². The number of rotatable bonds is 3. The van der Waals surface area contributed by atoms with Crippen molar-refractivity contribution in [3.05, 3.63) is 35.6 Å². The largest absolute Gasteiger partial charge is 0.480 e. The Kier molecular flexibility index (Phi) is 3.66.